The number of ether oxygens (including phenoxy) is 1. The summed E-state index contributed by atoms with van der Waals surface area (Å²) in [5.74, 6) is 0.791. The number of nitrogens with zero attached hydrogens (tertiary/aromatic N) is 1. The predicted octanol–water partition coefficient (Wildman–Crippen LogP) is 11.7. The summed E-state index contributed by atoms with van der Waals surface area (Å²) < 4.78 is 6.21. The number of fused-ring (bicyclic) bond motifs is 2. The smallest absolute Gasteiger partial charge is 0.128 e. The van der Waals surface area contributed by atoms with Crippen molar-refractivity contribution in [2.24, 2.45) is 0 Å². The maximum Gasteiger partial charge on any atom is 0.128 e. The fraction of sp³-hybridized carbons (Fsp3) is 0.0227. The largest absolute Gasteiger partial charge is 0.496 e. The standard InChI is InChI=1S/C44H31NO/c1-46-37-27-26-36-38(31-17-6-2-7-18-31)39(32-19-8-3-9-20-32)40(33-21-10-4-11-22-33)41(34-23-12-5-13-24-34)42(36)43(37)44-35-25-15-14-16-30(35)28-29-45-44/h2-29H,1H3. The third-order valence-corrected chi connectivity index (χ3v) is 8.82. The molecule has 0 bridgehead atoms. The van der Waals surface area contributed by atoms with Crippen molar-refractivity contribution >= 4 is 21.5 Å². The van der Waals surface area contributed by atoms with Gasteiger partial charge in [-0.3, -0.25) is 4.98 Å². The monoisotopic (exact) mass is 589 g/mol. The quantitative estimate of drug-likeness (QED) is 0.192. The van der Waals surface area contributed by atoms with E-state index >= 15 is 0 Å². The molecule has 1 heterocycles. The van der Waals surface area contributed by atoms with Gasteiger partial charge >= 0.3 is 0 Å². The van der Waals surface area contributed by atoms with Gasteiger partial charge in [0.25, 0.3) is 0 Å². The molecule has 0 aliphatic rings. The van der Waals surface area contributed by atoms with Crippen LogP contribution in [0.25, 0.3) is 77.3 Å². The zero-order valence-electron chi connectivity index (χ0n) is 25.5. The highest BCUT2D eigenvalue weighted by Gasteiger charge is 2.28. The Bertz CT molecular complexity index is 2310. The molecule has 0 saturated carbocycles. The van der Waals surface area contributed by atoms with Crippen molar-refractivity contribution in [3.8, 4) is 61.5 Å². The first-order valence-corrected chi connectivity index (χ1v) is 15.6. The second kappa shape index (κ2) is 11.8. The summed E-state index contributed by atoms with van der Waals surface area (Å²) in [6.07, 6.45) is 1.91. The molecule has 0 atom stereocenters. The normalized spacial score (nSPS) is 11.2. The molecule has 2 heteroatoms. The number of pyridine rings is 1. The Balaban J connectivity index is 1.70. The van der Waals surface area contributed by atoms with Crippen molar-refractivity contribution in [1.82, 2.24) is 4.98 Å². The third kappa shape index (κ3) is 4.63. The summed E-state index contributed by atoms with van der Waals surface area (Å²) in [5.41, 5.74) is 11.2. The van der Waals surface area contributed by atoms with Crippen LogP contribution in [0.4, 0.5) is 0 Å². The Morgan fingerprint density at radius 1 is 0.391 bits per heavy atom. The Labute approximate surface area is 269 Å². The van der Waals surface area contributed by atoms with E-state index in [-0.39, 0.29) is 0 Å². The molecule has 218 valence electrons. The molecule has 2 nitrogen and oxygen atoms in total. The maximum absolute atomic E-state index is 6.21. The molecular formula is C44H31NO. The van der Waals surface area contributed by atoms with E-state index in [0.717, 1.165) is 60.8 Å². The molecule has 1 aromatic heterocycles. The predicted molar refractivity (Wildman–Crippen MR) is 193 cm³/mol. The Morgan fingerprint density at radius 2 is 0.870 bits per heavy atom. The van der Waals surface area contributed by atoms with Crippen LogP contribution in [0.3, 0.4) is 0 Å². The van der Waals surface area contributed by atoms with Gasteiger partial charge < -0.3 is 4.74 Å². The Kier molecular flexibility index (Phi) is 7.09. The lowest BCUT2D eigenvalue weighted by Crippen LogP contribution is -2.01. The van der Waals surface area contributed by atoms with Crippen LogP contribution in [0.5, 0.6) is 5.75 Å². The molecule has 7 aromatic carbocycles. The van der Waals surface area contributed by atoms with E-state index < -0.39 is 0 Å². The van der Waals surface area contributed by atoms with E-state index in [1.807, 2.05) is 6.20 Å². The molecule has 8 aromatic rings. The number of hydrogen-bond donors (Lipinski definition) is 0. The van der Waals surface area contributed by atoms with Gasteiger partial charge in [0, 0.05) is 17.0 Å². The highest BCUT2D eigenvalue weighted by atomic mass is 16.5. The zero-order valence-corrected chi connectivity index (χ0v) is 25.5. The number of rotatable bonds is 6. The fourth-order valence-electron chi connectivity index (χ4n) is 6.87. The van der Waals surface area contributed by atoms with Crippen molar-refractivity contribution in [2.45, 2.75) is 0 Å². The van der Waals surface area contributed by atoms with Crippen LogP contribution in [0, 0.1) is 0 Å². The molecule has 0 saturated heterocycles. The Morgan fingerprint density at radius 3 is 1.43 bits per heavy atom. The van der Waals surface area contributed by atoms with Crippen molar-refractivity contribution < 1.29 is 4.74 Å². The lowest BCUT2D eigenvalue weighted by atomic mass is 9.77. The van der Waals surface area contributed by atoms with Crippen LogP contribution < -0.4 is 4.74 Å². The summed E-state index contributed by atoms with van der Waals surface area (Å²) in [4.78, 5) is 5.08. The SMILES string of the molecule is COc1ccc2c(-c3ccccc3)c(-c3ccccc3)c(-c3ccccc3)c(-c3ccccc3)c2c1-c1nccc2ccccc12. The van der Waals surface area contributed by atoms with E-state index in [1.54, 1.807) is 7.11 Å². The van der Waals surface area contributed by atoms with Crippen LogP contribution in [0.1, 0.15) is 0 Å². The topological polar surface area (TPSA) is 22.1 Å². The molecule has 0 N–H and O–H groups in total. The first kappa shape index (κ1) is 27.6. The van der Waals surface area contributed by atoms with Gasteiger partial charge in [-0.15, -0.1) is 0 Å². The van der Waals surface area contributed by atoms with Crippen molar-refractivity contribution in [3.63, 3.8) is 0 Å². The van der Waals surface area contributed by atoms with Crippen LogP contribution in [-0.4, -0.2) is 12.1 Å². The van der Waals surface area contributed by atoms with E-state index in [0.29, 0.717) is 0 Å². The minimum atomic E-state index is 0.791. The molecule has 46 heavy (non-hydrogen) atoms. The van der Waals surface area contributed by atoms with Crippen LogP contribution in [0.2, 0.25) is 0 Å². The molecule has 0 unspecified atom stereocenters. The minimum Gasteiger partial charge on any atom is -0.496 e. The molecule has 0 fully saturated rings. The number of benzene rings is 7. The van der Waals surface area contributed by atoms with Crippen LogP contribution in [0.15, 0.2) is 170 Å². The number of methoxy groups -OCH3 is 1. The second-order valence-corrected chi connectivity index (χ2v) is 11.4. The van der Waals surface area contributed by atoms with Gasteiger partial charge in [-0.2, -0.15) is 0 Å². The molecule has 0 aliphatic heterocycles. The fourth-order valence-corrected chi connectivity index (χ4v) is 6.87. The molecule has 0 spiro atoms. The van der Waals surface area contributed by atoms with Crippen LogP contribution >= 0.6 is 0 Å². The summed E-state index contributed by atoms with van der Waals surface area (Å²) >= 11 is 0. The lowest BCUT2D eigenvalue weighted by molar-refractivity contribution is 0.417. The van der Waals surface area contributed by atoms with Gasteiger partial charge in [-0.25, -0.2) is 0 Å². The molecule has 0 amide bonds. The van der Waals surface area contributed by atoms with Crippen LogP contribution in [-0.2, 0) is 0 Å². The first-order chi connectivity index (χ1) is 22.8. The van der Waals surface area contributed by atoms with E-state index in [1.165, 1.54) is 22.3 Å². The molecule has 0 radical (unpaired) electrons. The highest BCUT2D eigenvalue weighted by molar-refractivity contribution is 6.23. The van der Waals surface area contributed by atoms with Gasteiger partial charge in [0.1, 0.15) is 5.75 Å². The highest BCUT2D eigenvalue weighted by Crippen LogP contribution is 2.54. The van der Waals surface area contributed by atoms with Gasteiger partial charge in [-0.05, 0) is 73.5 Å². The number of aromatic nitrogens is 1. The lowest BCUT2D eigenvalue weighted by Gasteiger charge is -2.26. The molecular weight excluding hydrogens is 558 g/mol. The third-order valence-electron chi connectivity index (χ3n) is 8.82. The van der Waals surface area contributed by atoms with E-state index in [4.69, 9.17) is 9.72 Å². The first-order valence-electron chi connectivity index (χ1n) is 15.6. The summed E-state index contributed by atoms with van der Waals surface area (Å²) in [6.45, 7) is 0. The minimum absolute atomic E-state index is 0.791. The van der Waals surface area contributed by atoms with Crippen molar-refractivity contribution in [3.05, 3.63) is 170 Å². The van der Waals surface area contributed by atoms with Gasteiger partial charge in [0.05, 0.1) is 18.4 Å². The zero-order chi connectivity index (χ0) is 30.9. The summed E-state index contributed by atoms with van der Waals surface area (Å²) in [7, 11) is 1.76. The van der Waals surface area contributed by atoms with Crippen molar-refractivity contribution in [1.29, 1.82) is 0 Å². The molecule has 0 aliphatic carbocycles. The van der Waals surface area contributed by atoms with Gasteiger partial charge in [-0.1, -0.05) is 146 Å². The number of hydrogen-bond acceptors (Lipinski definition) is 2. The van der Waals surface area contributed by atoms with Gasteiger partial charge in [0.2, 0.25) is 0 Å². The van der Waals surface area contributed by atoms with Crippen molar-refractivity contribution in [2.75, 3.05) is 7.11 Å². The van der Waals surface area contributed by atoms with E-state index in [9.17, 15) is 0 Å². The van der Waals surface area contributed by atoms with E-state index in [2.05, 4.69) is 164 Å². The summed E-state index contributed by atoms with van der Waals surface area (Å²) in [6, 6.07) is 58.0. The summed E-state index contributed by atoms with van der Waals surface area (Å²) in [5, 5.41) is 4.49. The second-order valence-electron chi connectivity index (χ2n) is 11.4. The average Bonchev–Trinajstić information content (AvgIpc) is 3.14. The average molecular weight is 590 g/mol. The maximum atomic E-state index is 6.21. The Hall–Kier alpha value is -5.99. The van der Waals surface area contributed by atoms with Gasteiger partial charge in [0.15, 0.2) is 0 Å². The molecule has 8 rings (SSSR count).